The minimum Gasteiger partial charge on any atom is -0.253 e. The highest BCUT2D eigenvalue weighted by Gasteiger charge is 2.08. The largest absolute Gasteiger partial charge is 0.253 e. The lowest BCUT2D eigenvalue weighted by atomic mass is 10.0. The molecule has 1 heterocycles. The quantitative estimate of drug-likeness (QED) is 0.703. The van der Waals surface area contributed by atoms with Crippen LogP contribution < -0.4 is 0 Å². The van der Waals surface area contributed by atoms with Gasteiger partial charge in [0.1, 0.15) is 0 Å². The molecule has 1 unspecified atom stereocenters. The number of halogens is 1. The van der Waals surface area contributed by atoms with Gasteiger partial charge in [-0.15, -0.1) is 11.6 Å². The van der Waals surface area contributed by atoms with Crippen LogP contribution in [0.1, 0.15) is 32.4 Å². The Morgan fingerprint density at radius 3 is 2.61 bits per heavy atom. The molecule has 0 radical (unpaired) electrons. The predicted molar refractivity (Wildman–Crippen MR) is 79.2 cm³/mol. The van der Waals surface area contributed by atoms with Crippen LogP contribution in [0.3, 0.4) is 0 Å². The number of pyridine rings is 1. The fourth-order valence-corrected chi connectivity index (χ4v) is 2.35. The van der Waals surface area contributed by atoms with Gasteiger partial charge in [0.2, 0.25) is 0 Å². The van der Waals surface area contributed by atoms with Crippen molar-refractivity contribution in [3.8, 4) is 0 Å². The molecule has 1 atom stereocenters. The molecule has 0 bridgehead atoms. The Kier molecular flexibility index (Phi) is 4.60. The van der Waals surface area contributed by atoms with Gasteiger partial charge in [0.05, 0.1) is 5.52 Å². The van der Waals surface area contributed by atoms with E-state index in [4.69, 9.17) is 11.6 Å². The van der Waals surface area contributed by atoms with Gasteiger partial charge in [-0.3, -0.25) is 4.98 Å². The van der Waals surface area contributed by atoms with E-state index >= 15 is 0 Å². The SMILES string of the molecule is CC(C)CCC(Cl)Cc1ccc2ccccc2n1. The third-order valence-electron chi connectivity index (χ3n) is 3.14. The summed E-state index contributed by atoms with van der Waals surface area (Å²) < 4.78 is 0. The molecule has 2 rings (SSSR count). The highest BCUT2D eigenvalue weighted by Crippen LogP contribution is 2.18. The molecule has 18 heavy (non-hydrogen) atoms. The van der Waals surface area contributed by atoms with E-state index in [1.54, 1.807) is 0 Å². The Morgan fingerprint density at radius 2 is 1.83 bits per heavy atom. The molecule has 0 aliphatic rings. The number of hydrogen-bond acceptors (Lipinski definition) is 1. The Labute approximate surface area is 114 Å². The molecular weight excluding hydrogens is 242 g/mol. The Bertz CT molecular complexity index is 507. The van der Waals surface area contributed by atoms with Gasteiger partial charge in [-0.05, 0) is 30.9 Å². The van der Waals surface area contributed by atoms with Crippen molar-refractivity contribution in [2.45, 2.75) is 38.5 Å². The van der Waals surface area contributed by atoms with Crippen molar-refractivity contribution in [1.82, 2.24) is 4.98 Å². The second-order valence-electron chi connectivity index (χ2n) is 5.27. The molecule has 0 saturated heterocycles. The number of nitrogens with zero attached hydrogens (tertiary/aromatic N) is 1. The van der Waals surface area contributed by atoms with Gasteiger partial charge >= 0.3 is 0 Å². The monoisotopic (exact) mass is 261 g/mol. The molecule has 0 N–H and O–H groups in total. The first-order valence-electron chi connectivity index (χ1n) is 6.64. The molecular formula is C16H20ClN. The van der Waals surface area contributed by atoms with Crippen molar-refractivity contribution in [3.63, 3.8) is 0 Å². The molecule has 0 saturated carbocycles. The fourth-order valence-electron chi connectivity index (χ4n) is 2.07. The summed E-state index contributed by atoms with van der Waals surface area (Å²) in [5.41, 5.74) is 2.15. The summed E-state index contributed by atoms with van der Waals surface area (Å²) in [7, 11) is 0. The van der Waals surface area contributed by atoms with Crippen molar-refractivity contribution in [1.29, 1.82) is 0 Å². The van der Waals surface area contributed by atoms with Crippen LogP contribution in [-0.4, -0.2) is 10.4 Å². The molecule has 0 spiro atoms. The predicted octanol–water partition coefficient (Wildman–Crippen LogP) is 4.82. The van der Waals surface area contributed by atoms with Crippen LogP contribution in [-0.2, 0) is 6.42 Å². The van der Waals surface area contributed by atoms with Crippen molar-refractivity contribution in [2.75, 3.05) is 0 Å². The number of aromatic nitrogens is 1. The van der Waals surface area contributed by atoms with Gasteiger partial charge in [-0.25, -0.2) is 0 Å². The van der Waals surface area contributed by atoms with Gasteiger partial charge in [-0.1, -0.05) is 38.1 Å². The summed E-state index contributed by atoms with van der Waals surface area (Å²) in [6.45, 7) is 4.47. The molecule has 2 aromatic rings. The fraction of sp³-hybridized carbons (Fsp3) is 0.438. The molecule has 1 aromatic heterocycles. The maximum atomic E-state index is 6.37. The summed E-state index contributed by atoms with van der Waals surface area (Å²) in [5, 5.41) is 1.38. The van der Waals surface area contributed by atoms with E-state index < -0.39 is 0 Å². The van der Waals surface area contributed by atoms with E-state index in [0.717, 1.165) is 30.0 Å². The summed E-state index contributed by atoms with van der Waals surface area (Å²) >= 11 is 6.37. The van der Waals surface area contributed by atoms with E-state index in [1.165, 1.54) is 11.8 Å². The van der Waals surface area contributed by atoms with Gasteiger partial charge in [0, 0.05) is 22.9 Å². The third-order valence-corrected chi connectivity index (χ3v) is 3.52. The van der Waals surface area contributed by atoms with E-state index in [0.29, 0.717) is 0 Å². The molecule has 0 aliphatic heterocycles. The van der Waals surface area contributed by atoms with E-state index in [1.807, 2.05) is 12.1 Å². The number of alkyl halides is 1. The van der Waals surface area contributed by atoms with Crippen molar-refractivity contribution >= 4 is 22.5 Å². The van der Waals surface area contributed by atoms with Gasteiger partial charge in [-0.2, -0.15) is 0 Å². The number of benzene rings is 1. The van der Waals surface area contributed by atoms with Crippen LogP contribution in [0.2, 0.25) is 0 Å². The van der Waals surface area contributed by atoms with E-state index in [-0.39, 0.29) is 5.38 Å². The van der Waals surface area contributed by atoms with Crippen molar-refractivity contribution in [2.24, 2.45) is 5.92 Å². The van der Waals surface area contributed by atoms with Crippen LogP contribution in [0.15, 0.2) is 36.4 Å². The zero-order chi connectivity index (χ0) is 13.0. The third kappa shape index (κ3) is 3.71. The lowest BCUT2D eigenvalue weighted by Crippen LogP contribution is -2.06. The van der Waals surface area contributed by atoms with Gasteiger partial charge in [0.15, 0.2) is 0 Å². The summed E-state index contributed by atoms with van der Waals surface area (Å²) in [4.78, 5) is 4.66. The van der Waals surface area contributed by atoms with Crippen molar-refractivity contribution in [3.05, 3.63) is 42.1 Å². The Hall–Kier alpha value is -1.08. The minimum atomic E-state index is 0.195. The number of fused-ring (bicyclic) bond motifs is 1. The molecule has 0 aliphatic carbocycles. The minimum absolute atomic E-state index is 0.195. The summed E-state index contributed by atoms with van der Waals surface area (Å²) in [6.07, 6.45) is 3.11. The zero-order valence-electron chi connectivity index (χ0n) is 11.1. The van der Waals surface area contributed by atoms with Crippen LogP contribution in [0, 0.1) is 5.92 Å². The first-order chi connectivity index (χ1) is 8.65. The highest BCUT2D eigenvalue weighted by molar-refractivity contribution is 6.20. The first kappa shape index (κ1) is 13.4. The number of para-hydroxylation sites is 1. The lowest BCUT2D eigenvalue weighted by molar-refractivity contribution is 0.540. The maximum Gasteiger partial charge on any atom is 0.0705 e. The summed E-state index contributed by atoms with van der Waals surface area (Å²) in [6, 6.07) is 12.4. The average Bonchev–Trinajstić information content (AvgIpc) is 2.36. The highest BCUT2D eigenvalue weighted by atomic mass is 35.5. The average molecular weight is 262 g/mol. The molecule has 1 nitrogen and oxygen atoms in total. The molecule has 0 fully saturated rings. The van der Waals surface area contributed by atoms with Crippen molar-refractivity contribution < 1.29 is 0 Å². The second-order valence-corrected chi connectivity index (χ2v) is 5.89. The van der Waals surface area contributed by atoms with E-state index in [9.17, 15) is 0 Å². The van der Waals surface area contributed by atoms with Crippen LogP contribution in [0.25, 0.3) is 10.9 Å². The molecule has 96 valence electrons. The maximum absolute atomic E-state index is 6.37. The van der Waals surface area contributed by atoms with E-state index in [2.05, 4.69) is 43.1 Å². The Morgan fingerprint density at radius 1 is 1.06 bits per heavy atom. The smallest absolute Gasteiger partial charge is 0.0705 e. The van der Waals surface area contributed by atoms with Crippen LogP contribution >= 0.6 is 11.6 Å². The number of hydrogen-bond donors (Lipinski definition) is 0. The molecule has 0 amide bonds. The van der Waals surface area contributed by atoms with Crippen LogP contribution in [0.5, 0.6) is 0 Å². The summed E-state index contributed by atoms with van der Waals surface area (Å²) in [5.74, 6) is 0.718. The second kappa shape index (κ2) is 6.19. The zero-order valence-corrected chi connectivity index (χ0v) is 11.8. The molecule has 2 heteroatoms. The lowest BCUT2D eigenvalue weighted by Gasteiger charge is -2.11. The van der Waals surface area contributed by atoms with Gasteiger partial charge < -0.3 is 0 Å². The topological polar surface area (TPSA) is 12.9 Å². The Balaban J connectivity index is 2.03. The molecule has 1 aromatic carbocycles. The van der Waals surface area contributed by atoms with Crippen LogP contribution in [0.4, 0.5) is 0 Å². The number of rotatable bonds is 5. The standard InChI is InChI=1S/C16H20ClN/c1-12(2)7-9-14(17)11-15-10-8-13-5-3-4-6-16(13)18-15/h3-6,8,10,12,14H,7,9,11H2,1-2H3. The first-order valence-corrected chi connectivity index (χ1v) is 7.07. The van der Waals surface area contributed by atoms with Gasteiger partial charge in [0.25, 0.3) is 0 Å². The normalized spacial score (nSPS) is 13.1.